The maximum absolute atomic E-state index is 13.3. The first-order chi connectivity index (χ1) is 14.2. The average molecular weight is 382 g/mol. The van der Waals surface area contributed by atoms with Crippen molar-refractivity contribution in [1.82, 2.24) is 15.0 Å². The first-order valence-electron chi connectivity index (χ1n) is 9.99. The highest BCUT2D eigenvalue weighted by molar-refractivity contribution is 6.07. The van der Waals surface area contributed by atoms with E-state index in [2.05, 4.69) is 23.3 Å². The van der Waals surface area contributed by atoms with E-state index in [1.54, 1.807) is 0 Å². The molecule has 0 bridgehead atoms. The molecule has 0 saturated carbocycles. The van der Waals surface area contributed by atoms with Crippen LogP contribution in [0.5, 0.6) is 0 Å². The number of aromatic nitrogens is 3. The summed E-state index contributed by atoms with van der Waals surface area (Å²) in [6.07, 6.45) is 2.01. The SMILES string of the molecule is C[C@H]1CCc2ccccc2N1C(=O)c1ccc(Cn2nnc3ccccc32)cc1. The van der Waals surface area contributed by atoms with Crippen molar-refractivity contribution in [3.8, 4) is 0 Å². The molecule has 1 aliphatic rings. The van der Waals surface area contributed by atoms with Crippen molar-refractivity contribution in [3.63, 3.8) is 0 Å². The quantitative estimate of drug-likeness (QED) is 0.526. The number of rotatable bonds is 3. The first kappa shape index (κ1) is 17.6. The van der Waals surface area contributed by atoms with Crippen molar-refractivity contribution in [2.24, 2.45) is 0 Å². The van der Waals surface area contributed by atoms with Gasteiger partial charge in [-0.05, 0) is 61.2 Å². The maximum Gasteiger partial charge on any atom is 0.258 e. The van der Waals surface area contributed by atoms with Crippen molar-refractivity contribution in [2.45, 2.75) is 32.4 Å². The summed E-state index contributed by atoms with van der Waals surface area (Å²) in [4.78, 5) is 15.2. The minimum atomic E-state index is 0.0578. The Hall–Kier alpha value is -3.47. The second-order valence-corrected chi connectivity index (χ2v) is 7.62. The van der Waals surface area contributed by atoms with Gasteiger partial charge < -0.3 is 4.90 Å². The van der Waals surface area contributed by atoms with Crippen LogP contribution in [0.2, 0.25) is 0 Å². The molecule has 29 heavy (non-hydrogen) atoms. The van der Waals surface area contributed by atoms with Gasteiger partial charge in [0.2, 0.25) is 0 Å². The van der Waals surface area contributed by atoms with Crippen molar-refractivity contribution in [1.29, 1.82) is 0 Å². The minimum Gasteiger partial charge on any atom is -0.305 e. The molecule has 0 unspecified atom stereocenters. The lowest BCUT2D eigenvalue weighted by Gasteiger charge is -2.35. The van der Waals surface area contributed by atoms with Crippen LogP contribution in [0.25, 0.3) is 11.0 Å². The number of hydrogen-bond acceptors (Lipinski definition) is 3. The van der Waals surface area contributed by atoms with Gasteiger partial charge in [-0.1, -0.05) is 47.7 Å². The van der Waals surface area contributed by atoms with E-state index in [0.29, 0.717) is 12.1 Å². The number of benzene rings is 3. The van der Waals surface area contributed by atoms with Gasteiger partial charge in [0.15, 0.2) is 0 Å². The Morgan fingerprint density at radius 3 is 2.62 bits per heavy atom. The summed E-state index contributed by atoms with van der Waals surface area (Å²) in [6, 6.07) is 24.2. The zero-order valence-corrected chi connectivity index (χ0v) is 16.3. The van der Waals surface area contributed by atoms with E-state index in [-0.39, 0.29) is 11.9 Å². The molecule has 1 aromatic heterocycles. The highest BCUT2D eigenvalue weighted by Crippen LogP contribution is 2.31. The van der Waals surface area contributed by atoms with Gasteiger partial charge in [0.1, 0.15) is 5.52 Å². The molecule has 0 fully saturated rings. The van der Waals surface area contributed by atoms with Crippen molar-refractivity contribution in [2.75, 3.05) is 4.90 Å². The highest BCUT2D eigenvalue weighted by atomic mass is 16.2. The molecule has 5 rings (SSSR count). The fourth-order valence-corrected chi connectivity index (χ4v) is 4.10. The predicted molar refractivity (Wildman–Crippen MR) is 114 cm³/mol. The number of amides is 1. The Bertz CT molecular complexity index is 1180. The summed E-state index contributed by atoms with van der Waals surface area (Å²) >= 11 is 0. The molecule has 144 valence electrons. The molecule has 0 saturated heterocycles. The Labute approximate surface area is 169 Å². The van der Waals surface area contributed by atoms with Crippen LogP contribution in [0.1, 0.15) is 34.8 Å². The van der Waals surface area contributed by atoms with Gasteiger partial charge in [0.25, 0.3) is 5.91 Å². The molecule has 0 radical (unpaired) electrons. The third-order valence-electron chi connectivity index (χ3n) is 5.70. The molecule has 1 atom stereocenters. The highest BCUT2D eigenvalue weighted by Gasteiger charge is 2.28. The lowest BCUT2D eigenvalue weighted by atomic mass is 9.95. The van der Waals surface area contributed by atoms with Crippen LogP contribution in [0.4, 0.5) is 5.69 Å². The molecule has 0 N–H and O–H groups in total. The van der Waals surface area contributed by atoms with Crippen LogP contribution >= 0.6 is 0 Å². The number of para-hydroxylation sites is 2. The summed E-state index contributed by atoms with van der Waals surface area (Å²) in [6.45, 7) is 2.75. The van der Waals surface area contributed by atoms with Gasteiger partial charge in [0.05, 0.1) is 12.1 Å². The van der Waals surface area contributed by atoms with Crippen molar-refractivity contribution in [3.05, 3.63) is 89.5 Å². The second-order valence-electron chi connectivity index (χ2n) is 7.62. The Kier molecular flexibility index (Phi) is 4.35. The monoisotopic (exact) mass is 382 g/mol. The summed E-state index contributed by atoms with van der Waals surface area (Å²) in [5, 5.41) is 8.45. The van der Waals surface area contributed by atoms with Gasteiger partial charge in [-0.25, -0.2) is 4.68 Å². The zero-order chi connectivity index (χ0) is 19.8. The van der Waals surface area contributed by atoms with Crippen molar-refractivity contribution < 1.29 is 4.79 Å². The fraction of sp³-hybridized carbons (Fsp3) is 0.208. The minimum absolute atomic E-state index is 0.0578. The number of nitrogens with zero attached hydrogens (tertiary/aromatic N) is 4. The molecule has 1 aliphatic heterocycles. The molecule has 3 aromatic carbocycles. The average Bonchev–Trinajstić information content (AvgIpc) is 3.17. The Balaban J connectivity index is 1.40. The summed E-state index contributed by atoms with van der Waals surface area (Å²) in [7, 11) is 0. The summed E-state index contributed by atoms with van der Waals surface area (Å²) in [5.41, 5.74) is 5.97. The van der Waals surface area contributed by atoms with Gasteiger partial charge in [-0.2, -0.15) is 0 Å². The van der Waals surface area contributed by atoms with Gasteiger partial charge in [-0.15, -0.1) is 5.10 Å². The molecular formula is C24H22N4O. The van der Waals surface area contributed by atoms with E-state index < -0.39 is 0 Å². The lowest BCUT2D eigenvalue weighted by Crippen LogP contribution is -2.42. The second kappa shape index (κ2) is 7.17. The Morgan fingerprint density at radius 1 is 1.00 bits per heavy atom. The number of carbonyl (C=O) groups excluding carboxylic acids is 1. The van der Waals surface area contributed by atoms with E-state index in [1.165, 1.54) is 5.56 Å². The third kappa shape index (κ3) is 3.18. The molecule has 0 aliphatic carbocycles. The van der Waals surface area contributed by atoms with E-state index in [1.807, 2.05) is 76.3 Å². The number of fused-ring (bicyclic) bond motifs is 2. The summed E-state index contributed by atoms with van der Waals surface area (Å²) in [5.74, 6) is 0.0578. The normalized spacial score (nSPS) is 16.0. The molecule has 5 heteroatoms. The number of hydrogen-bond donors (Lipinski definition) is 0. The molecule has 4 aromatic rings. The van der Waals surface area contributed by atoms with Crippen molar-refractivity contribution >= 4 is 22.6 Å². The largest absolute Gasteiger partial charge is 0.305 e. The number of anilines is 1. The molecule has 1 amide bonds. The van der Waals surface area contributed by atoms with E-state index in [0.717, 1.165) is 35.1 Å². The Morgan fingerprint density at radius 2 is 1.76 bits per heavy atom. The number of aryl methyl sites for hydroxylation is 1. The van der Waals surface area contributed by atoms with E-state index in [9.17, 15) is 4.79 Å². The van der Waals surface area contributed by atoms with Gasteiger partial charge >= 0.3 is 0 Å². The van der Waals surface area contributed by atoms with E-state index in [4.69, 9.17) is 0 Å². The topological polar surface area (TPSA) is 51.0 Å². The predicted octanol–water partition coefficient (Wildman–Crippen LogP) is 4.46. The van der Waals surface area contributed by atoms with Gasteiger partial charge in [0, 0.05) is 17.3 Å². The van der Waals surface area contributed by atoms with E-state index >= 15 is 0 Å². The molecule has 5 nitrogen and oxygen atoms in total. The van der Waals surface area contributed by atoms with Crippen LogP contribution in [0.3, 0.4) is 0 Å². The van der Waals surface area contributed by atoms with Crippen LogP contribution in [-0.2, 0) is 13.0 Å². The van der Waals surface area contributed by atoms with Crippen LogP contribution < -0.4 is 4.90 Å². The summed E-state index contributed by atoms with van der Waals surface area (Å²) < 4.78 is 1.88. The molecule has 0 spiro atoms. The van der Waals surface area contributed by atoms with Crippen LogP contribution in [-0.4, -0.2) is 26.9 Å². The lowest BCUT2D eigenvalue weighted by molar-refractivity contribution is 0.0975. The molecular weight excluding hydrogens is 360 g/mol. The van der Waals surface area contributed by atoms with Gasteiger partial charge in [-0.3, -0.25) is 4.79 Å². The fourth-order valence-electron chi connectivity index (χ4n) is 4.10. The molecule has 2 heterocycles. The maximum atomic E-state index is 13.3. The zero-order valence-electron chi connectivity index (χ0n) is 16.3. The third-order valence-corrected chi connectivity index (χ3v) is 5.70. The smallest absolute Gasteiger partial charge is 0.258 e. The first-order valence-corrected chi connectivity index (χ1v) is 9.99. The van der Waals surface area contributed by atoms with Crippen LogP contribution in [0.15, 0.2) is 72.8 Å². The standard InChI is InChI=1S/C24H22N4O/c1-17-10-13-19-6-2-4-8-22(19)28(17)24(29)20-14-11-18(12-15-20)16-27-23-9-5-3-7-21(23)25-26-27/h2-9,11-12,14-15,17H,10,13,16H2,1H3/t17-/m0/s1. The van der Waals surface area contributed by atoms with Crippen LogP contribution in [0, 0.1) is 0 Å². The number of carbonyl (C=O) groups is 1.